The summed E-state index contributed by atoms with van der Waals surface area (Å²) in [5.74, 6) is 0.116. The number of carbonyl (C=O) groups excluding carboxylic acids is 3. The summed E-state index contributed by atoms with van der Waals surface area (Å²) in [4.78, 5) is 39.2. The van der Waals surface area contributed by atoms with E-state index in [0.29, 0.717) is 19.6 Å². The van der Waals surface area contributed by atoms with Crippen molar-refractivity contribution >= 4 is 23.4 Å². The minimum atomic E-state index is -0.119. The molecule has 0 atom stereocenters. The Morgan fingerprint density at radius 1 is 1.03 bits per heavy atom. The number of amides is 3. The van der Waals surface area contributed by atoms with Gasteiger partial charge < -0.3 is 10.2 Å². The summed E-state index contributed by atoms with van der Waals surface area (Å²) in [5.41, 5.74) is 1.94. The SMILES string of the molecule is CCC(CC)C(=O)N1CCC(NC(=O)CCC(=O)N2CCC(c3ccccc3)=N2)CC1. The molecular formula is C24H34N4O3. The fourth-order valence-electron chi connectivity index (χ4n) is 4.26. The predicted molar refractivity (Wildman–Crippen MR) is 120 cm³/mol. The van der Waals surface area contributed by atoms with E-state index in [1.165, 1.54) is 5.01 Å². The molecule has 0 aromatic heterocycles. The third-order valence-corrected chi connectivity index (χ3v) is 6.27. The molecular weight excluding hydrogens is 392 g/mol. The zero-order chi connectivity index (χ0) is 22.2. The van der Waals surface area contributed by atoms with Crippen LogP contribution < -0.4 is 5.32 Å². The summed E-state index contributed by atoms with van der Waals surface area (Å²) in [6.07, 6.45) is 4.32. The Morgan fingerprint density at radius 2 is 1.71 bits per heavy atom. The minimum Gasteiger partial charge on any atom is -0.353 e. The molecule has 0 saturated carbocycles. The van der Waals surface area contributed by atoms with Crippen molar-refractivity contribution in [2.45, 2.75) is 64.8 Å². The van der Waals surface area contributed by atoms with Gasteiger partial charge in [-0.1, -0.05) is 44.2 Å². The van der Waals surface area contributed by atoms with E-state index in [9.17, 15) is 14.4 Å². The van der Waals surface area contributed by atoms with Crippen LogP contribution >= 0.6 is 0 Å². The third kappa shape index (κ3) is 6.15. The van der Waals surface area contributed by atoms with Crippen molar-refractivity contribution in [3.63, 3.8) is 0 Å². The van der Waals surface area contributed by atoms with Crippen molar-refractivity contribution in [1.29, 1.82) is 0 Å². The fraction of sp³-hybridized carbons (Fsp3) is 0.583. The highest BCUT2D eigenvalue weighted by Gasteiger charge is 2.27. The zero-order valence-electron chi connectivity index (χ0n) is 18.7. The largest absolute Gasteiger partial charge is 0.353 e. The number of hydrogen-bond acceptors (Lipinski definition) is 4. The molecule has 168 valence electrons. The molecule has 7 nitrogen and oxygen atoms in total. The highest BCUT2D eigenvalue weighted by atomic mass is 16.2. The first-order valence-corrected chi connectivity index (χ1v) is 11.5. The molecule has 2 aliphatic heterocycles. The van der Waals surface area contributed by atoms with Crippen molar-refractivity contribution in [2.75, 3.05) is 19.6 Å². The molecule has 0 spiro atoms. The number of nitrogens with one attached hydrogen (secondary N) is 1. The molecule has 0 bridgehead atoms. The summed E-state index contributed by atoms with van der Waals surface area (Å²) in [6.45, 7) is 6.04. The molecule has 1 saturated heterocycles. The topological polar surface area (TPSA) is 82.1 Å². The highest BCUT2D eigenvalue weighted by Crippen LogP contribution is 2.18. The van der Waals surface area contributed by atoms with Crippen LogP contribution in [0, 0.1) is 5.92 Å². The normalized spacial score (nSPS) is 17.1. The van der Waals surface area contributed by atoms with Crippen LogP contribution in [0.5, 0.6) is 0 Å². The Labute approximate surface area is 184 Å². The Balaban J connectivity index is 1.39. The lowest BCUT2D eigenvalue weighted by atomic mass is 9.98. The van der Waals surface area contributed by atoms with Gasteiger partial charge >= 0.3 is 0 Å². The molecule has 2 aliphatic rings. The van der Waals surface area contributed by atoms with Gasteiger partial charge in [-0.05, 0) is 31.2 Å². The van der Waals surface area contributed by atoms with Gasteiger partial charge in [0.2, 0.25) is 17.7 Å². The van der Waals surface area contributed by atoms with Gasteiger partial charge in [0.25, 0.3) is 0 Å². The Bertz CT molecular complexity index is 796. The maximum Gasteiger partial charge on any atom is 0.243 e. The summed E-state index contributed by atoms with van der Waals surface area (Å²) >= 11 is 0. The second-order valence-electron chi connectivity index (χ2n) is 8.36. The molecule has 3 amide bonds. The van der Waals surface area contributed by atoms with Gasteiger partial charge in [-0.25, -0.2) is 5.01 Å². The summed E-state index contributed by atoms with van der Waals surface area (Å²) in [7, 11) is 0. The first-order valence-electron chi connectivity index (χ1n) is 11.5. The van der Waals surface area contributed by atoms with Crippen LogP contribution in [0.1, 0.15) is 64.4 Å². The molecule has 7 heteroatoms. The smallest absolute Gasteiger partial charge is 0.243 e. The van der Waals surface area contributed by atoms with E-state index in [4.69, 9.17) is 0 Å². The number of carbonyl (C=O) groups is 3. The van der Waals surface area contributed by atoms with Gasteiger partial charge in [0.15, 0.2) is 0 Å². The van der Waals surface area contributed by atoms with Crippen molar-refractivity contribution in [3.8, 4) is 0 Å². The summed E-state index contributed by atoms with van der Waals surface area (Å²) in [5, 5.41) is 8.95. The summed E-state index contributed by atoms with van der Waals surface area (Å²) in [6, 6.07) is 9.92. The fourth-order valence-corrected chi connectivity index (χ4v) is 4.26. The number of nitrogens with zero attached hydrogens (tertiary/aromatic N) is 3. The van der Waals surface area contributed by atoms with Gasteiger partial charge in [0, 0.05) is 44.3 Å². The molecule has 0 radical (unpaired) electrons. The Kier molecular flexibility index (Phi) is 8.20. The molecule has 1 aromatic rings. The molecule has 0 aliphatic carbocycles. The second kappa shape index (κ2) is 11.1. The van der Waals surface area contributed by atoms with Crippen molar-refractivity contribution in [2.24, 2.45) is 11.0 Å². The van der Waals surface area contributed by atoms with E-state index < -0.39 is 0 Å². The molecule has 31 heavy (non-hydrogen) atoms. The van der Waals surface area contributed by atoms with Gasteiger partial charge in [0.1, 0.15) is 0 Å². The molecule has 2 heterocycles. The Morgan fingerprint density at radius 3 is 2.35 bits per heavy atom. The van der Waals surface area contributed by atoms with Crippen LogP contribution in [0.4, 0.5) is 0 Å². The van der Waals surface area contributed by atoms with Gasteiger partial charge in [-0.3, -0.25) is 14.4 Å². The molecule has 0 unspecified atom stereocenters. The number of hydrazone groups is 1. The lowest BCUT2D eigenvalue weighted by molar-refractivity contribution is -0.137. The van der Waals surface area contributed by atoms with Crippen LogP contribution in [-0.2, 0) is 14.4 Å². The predicted octanol–water partition coefficient (Wildman–Crippen LogP) is 2.95. The first kappa shape index (κ1) is 23.0. The van der Waals surface area contributed by atoms with Crippen molar-refractivity contribution in [1.82, 2.24) is 15.2 Å². The number of likely N-dealkylation sites (tertiary alicyclic amines) is 1. The molecule has 3 rings (SSSR count). The zero-order valence-corrected chi connectivity index (χ0v) is 18.7. The van der Waals surface area contributed by atoms with Gasteiger partial charge in [0.05, 0.1) is 12.3 Å². The molecule has 1 aromatic carbocycles. The van der Waals surface area contributed by atoms with E-state index in [1.54, 1.807) is 0 Å². The standard InChI is InChI=1S/C24H34N4O3/c1-3-18(4-2)24(31)27-15-12-20(13-16-27)25-22(29)10-11-23(30)28-17-14-21(26-28)19-8-6-5-7-9-19/h5-9,18,20H,3-4,10-17H2,1-2H3,(H,25,29). The maximum absolute atomic E-state index is 12.5. The minimum absolute atomic E-state index is 0.0721. The molecule has 1 N–H and O–H groups in total. The third-order valence-electron chi connectivity index (χ3n) is 6.27. The maximum atomic E-state index is 12.5. The second-order valence-corrected chi connectivity index (χ2v) is 8.36. The average molecular weight is 427 g/mol. The van der Waals surface area contributed by atoms with E-state index >= 15 is 0 Å². The van der Waals surface area contributed by atoms with E-state index in [1.807, 2.05) is 35.2 Å². The van der Waals surface area contributed by atoms with Gasteiger partial charge in [-0.2, -0.15) is 5.10 Å². The van der Waals surface area contributed by atoms with Crippen LogP contribution in [0.2, 0.25) is 0 Å². The number of hydrogen-bond donors (Lipinski definition) is 1. The quantitative estimate of drug-likeness (QED) is 0.694. The van der Waals surface area contributed by atoms with Gasteiger partial charge in [-0.15, -0.1) is 0 Å². The van der Waals surface area contributed by atoms with Crippen LogP contribution in [0.3, 0.4) is 0 Å². The molecule has 1 fully saturated rings. The number of benzene rings is 1. The van der Waals surface area contributed by atoms with Crippen molar-refractivity contribution in [3.05, 3.63) is 35.9 Å². The van der Waals surface area contributed by atoms with Crippen LogP contribution in [0.15, 0.2) is 35.4 Å². The average Bonchev–Trinajstić information content (AvgIpc) is 3.30. The highest BCUT2D eigenvalue weighted by molar-refractivity contribution is 6.02. The van der Waals surface area contributed by atoms with E-state index in [-0.39, 0.29) is 42.5 Å². The Hall–Kier alpha value is -2.70. The van der Waals surface area contributed by atoms with Crippen LogP contribution in [-0.4, -0.2) is 59.0 Å². The number of piperidine rings is 1. The van der Waals surface area contributed by atoms with Crippen molar-refractivity contribution < 1.29 is 14.4 Å². The number of rotatable bonds is 8. The summed E-state index contributed by atoms with van der Waals surface area (Å²) < 4.78 is 0. The van der Waals surface area contributed by atoms with Crippen LogP contribution in [0.25, 0.3) is 0 Å². The lowest BCUT2D eigenvalue weighted by Gasteiger charge is -2.34. The first-order chi connectivity index (χ1) is 15.0. The monoisotopic (exact) mass is 426 g/mol. The van der Waals surface area contributed by atoms with E-state index in [2.05, 4.69) is 24.3 Å². The van der Waals surface area contributed by atoms with E-state index in [0.717, 1.165) is 43.4 Å². The lowest BCUT2D eigenvalue weighted by Crippen LogP contribution is -2.48.